The second kappa shape index (κ2) is 7.31. The molecule has 0 aliphatic heterocycles. The van der Waals surface area contributed by atoms with E-state index in [-0.39, 0.29) is 10.7 Å². The number of halogens is 2. The summed E-state index contributed by atoms with van der Waals surface area (Å²) in [6.45, 7) is 3.91. The Kier molecular flexibility index (Phi) is 5.27. The Balaban J connectivity index is 1.82. The van der Waals surface area contributed by atoms with E-state index in [1.165, 1.54) is 0 Å². The molecule has 0 aliphatic rings. The molecule has 3 rings (SSSR count). The standard InChI is InChI=1S/C18H17Cl2N3O2S/c1-12-10-17(13(2)9-16(12)20)26(24,25)22-18-7-8-23(21-18)11-14-5-3-4-6-15(14)19/h3-10H,11H2,1-2H3,(H,21,22). The molecule has 0 bridgehead atoms. The summed E-state index contributed by atoms with van der Waals surface area (Å²) in [5, 5.41) is 5.44. The molecule has 0 saturated heterocycles. The lowest BCUT2D eigenvalue weighted by Crippen LogP contribution is -2.15. The molecule has 26 heavy (non-hydrogen) atoms. The fraction of sp³-hybridized carbons (Fsp3) is 0.167. The highest BCUT2D eigenvalue weighted by Crippen LogP contribution is 2.25. The van der Waals surface area contributed by atoms with Crippen LogP contribution in [0.1, 0.15) is 16.7 Å². The minimum atomic E-state index is -3.76. The molecular weight excluding hydrogens is 393 g/mol. The molecule has 0 amide bonds. The van der Waals surface area contributed by atoms with Gasteiger partial charge in [-0.3, -0.25) is 9.40 Å². The molecule has 3 aromatic rings. The van der Waals surface area contributed by atoms with Gasteiger partial charge in [0.2, 0.25) is 0 Å². The molecule has 0 fully saturated rings. The van der Waals surface area contributed by atoms with Crippen molar-refractivity contribution in [3.05, 3.63) is 75.4 Å². The Morgan fingerprint density at radius 2 is 1.77 bits per heavy atom. The molecule has 136 valence electrons. The number of hydrogen-bond donors (Lipinski definition) is 1. The van der Waals surface area contributed by atoms with Crippen molar-refractivity contribution in [2.75, 3.05) is 4.72 Å². The van der Waals surface area contributed by atoms with Gasteiger partial charge in [0.1, 0.15) is 0 Å². The van der Waals surface area contributed by atoms with Gasteiger partial charge in [-0.25, -0.2) is 8.42 Å². The second-order valence-electron chi connectivity index (χ2n) is 5.96. The zero-order valence-corrected chi connectivity index (χ0v) is 16.5. The van der Waals surface area contributed by atoms with Crippen LogP contribution in [0.2, 0.25) is 10.0 Å². The number of aryl methyl sites for hydroxylation is 2. The number of benzene rings is 2. The van der Waals surface area contributed by atoms with Crippen LogP contribution in [0.3, 0.4) is 0 Å². The highest BCUT2D eigenvalue weighted by atomic mass is 35.5. The van der Waals surface area contributed by atoms with Gasteiger partial charge in [0.05, 0.1) is 11.4 Å². The molecule has 2 aromatic carbocycles. The summed E-state index contributed by atoms with van der Waals surface area (Å²) in [5.41, 5.74) is 2.17. The van der Waals surface area contributed by atoms with Crippen molar-refractivity contribution in [2.45, 2.75) is 25.3 Å². The van der Waals surface area contributed by atoms with E-state index >= 15 is 0 Å². The smallest absolute Gasteiger partial charge is 0.263 e. The first-order valence-electron chi connectivity index (χ1n) is 7.83. The van der Waals surface area contributed by atoms with Gasteiger partial charge in [-0.15, -0.1) is 0 Å². The van der Waals surface area contributed by atoms with Gasteiger partial charge in [-0.05, 0) is 48.7 Å². The molecule has 8 heteroatoms. The monoisotopic (exact) mass is 409 g/mol. The number of anilines is 1. The Bertz CT molecular complexity index is 1060. The molecule has 1 aromatic heterocycles. The molecule has 0 saturated carbocycles. The summed E-state index contributed by atoms with van der Waals surface area (Å²) in [4.78, 5) is 0.181. The van der Waals surface area contributed by atoms with Crippen molar-refractivity contribution in [3.8, 4) is 0 Å². The van der Waals surface area contributed by atoms with Crippen LogP contribution in [0.15, 0.2) is 53.6 Å². The Morgan fingerprint density at radius 1 is 1.04 bits per heavy atom. The Labute approximate surface area is 162 Å². The summed E-state index contributed by atoms with van der Waals surface area (Å²) in [7, 11) is -3.76. The third-order valence-corrected chi connectivity index (χ3v) is 6.19. The molecule has 0 radical (unpaired) electrons. The average Bonchev–Trinajstić information content (AvgIpc) is 2.99. The average molecular weight is 410 g/mol. The molecule has 0 atom stereocenters. The van der Waals surface area contributed by atoms with Crippen LogP contribution in [-0.4, -0.2) is 18.2 Å². The van der Waals surface area contributed by atoms with Gasteiger partial charge in [0, 0.05) is 22.3 Å². The van der Waals surface area contributed by atoms with Gasteiger partial charge in [0.15, 0.2) is 5.82 Å². The van der Waals surface area contributed by atoms with Crippen LogP contribution in [0, 0.1) is 13.8 Å². The van der Waals surface area contributed by atoms with Gasteiger partial charge < -0.3 is 0 Å². The number of rotatable bonds is 5. The van der Waals surface area contributed by atoms with Crippen LogP contribution in [0.25, 0.3) is 0 Å². The maximum Gasteiger partial charge on any atom is 0.263 e. The summed E-state index contributed by atoms with van der Waals surface area (Å²) >= 11 is 12.2. The molecular formula is C18H17Cl2N3O2S. The first-order valence-corrected chi connectivity index (χ1v) is 10.1. The van der Waals surface area contributed by atoms with Crippen LogP contribution < -0.4 is 4.72 Å². The van der Waals surface area contributed by atoms with E-state index < -0.39 is 10.0 Å². The van der Waals surface area contributed by atoms with Crippen LogP contribution >= 0.6 is 23.2 Å². The van der Waals surface area contributed by atoms with E-state index in [0.29, 0.717) is 27.7 Å². The maximum atomic E-state index is 12.7. The lowest BCUT2D eigenvalue weighted by molar-refractivity contribution is 0.600. The normalized spacial score (nSPS) is 11.5. The summed E-state index contributed by atoms with van der Waals surface area (Å²) < 4.78 is 29.5. The van der Waals surface area contributed by atoms with E-state index in [1.54, 1.807) is 49.0 Å². The van der Waals surface area contributed by atoms with E-state index in [4.69, 9.17) is 23.2 Å². The largest absolute Gasteiger partial charge is 0.266 e. The molecule has 0 spiro atoms. The SMILES string of the molecule is Cc1cc(S(=O)(=O)Nc2ccn(Cc3ccccc3Cl)n2)c(C)cc1Cl. The number of nitrogens with zero attached hydrogens (tertiary/aromatic N) is 2. The second-order valence-corrected chi connectivity index (χ2v) is 8.43. The van der Waals surface area contributed by atoms with Crippen molar-refractivity contribution in [2.24, 2.45) is 0 Å². The zero-order valence-electron chi connectivity index (χ0n) is 14.2. The minimum absolute atomic E-state index is 0.181. The predicted molar refractivity (Wildman–Crippen MR) is 105 cm³/mol. The molecule has 5 nitrogen and oxygen atoms in total. The third kappa shape index (κ3) is 4.03. The first-order chi connectivity index (χ1) is 12.3. The summed E-state index contributed by atoms with van der Waals surface area (Å²) in [6, 6.07) is 12.2. The topological polar surface area (TPSA) is 64.0 Å². The lowest BCUT2D eigenvalue weighted by atomic mass is 10.2. The molecule has 0 aliphatic carbocycles. The fourth-order valence-corrected chi connectivity index (χ4v) is 4.26. The molecule has 0 unspecified atom stereocenters. The summed E-state index contributed by atoms with van der Waals surface area (Å²) in [6.07, 6.45) is 1.70. The van der Waals surface area contributed by atoms with Gasteiger partial charge >= 0.3 is 0 Å². The van der Waals surface area contributed by atoms with Crippen molar-refractivity contribution >= 4 is 39.0 Å². The zero-order chi connectivity index (χ0) is 18.9. The van der Waals surface area contributed by atoms with E-state index in [9.17, 15) is 8.42 Å². The number of aromatic nitrogens is 2. The highest BCUT2D eigenvalue weighted by molar-refractivity contribution is 7.92. The van der Waals surface area contributed by atoms with E-state index in [0.717, 1.165) is 5.56 Å². The van der Waals surface area contributed by atoms with E-state index in [1.807, 2.05) is 18.2 Å². The van der Waals surface area contributed by atoms with Gasteiger partial charge in [0.25, 0.3) is 10.0 Å². The highest BCUT2D eigenvalue weighted by Gasteiger charge is 2.19. The summed E-state index contributed by atoms with van der Waals surface area (Å²) in [5.74, 6) is 0.240. The van der Waals surface area contributed by atoms with Gasteiger partial charge in [-0.2, -0.15) is 5.10 Å². The molecule has 1 heterocycles. The van der Waals surface area contributed by atoms with Crippen molar-refractivity contribution in [1.82, 2.24) is 9.78 Å². The first kappa shape index (κ1) is 18.8. The molecule has 1 N–H and O–H groups in total. The Morgan fingerprint density at radius 3 is 2.50 bits per heavy atom. The predicted octanol–water partition coefficient (Wildman–Crippen LogP) is 4.66. The number of sulfonamides is 1. The van der Waals surface area contributed by atoms with Crippen LogP contribution in [0.5, 0.6) is 0 Å². The van der Waals surface area contributed by atoms with Crippen LogP contribution in [0.4, 0.5) is 5.82 Å². The Hall–Kier alpha value is -2.02. The van der Waals surface area contributed by atoms with E-state index in [2.05, 4.69) is 9.82 Å². The minimum Gasteiger partial charge on any atom is -0.266 e. The van der Waals surface area contributed by atoms with Crippen LogP contribution in [-0.2, 0) is 16.6 Å². The number of hydrogen-bond acceptors (Lipinski definition) is 3. The number of nitrogens with one attached hydrogen (secondary N) is 1. The van der Waals surface area contributed by atoms with Crippen molar-refractivity contribution in [3.63, 3.8) is 0 Å². The van der Waals surface area contributed by atoms with Gasteiger partial charge in [-0.1, -0.05) is 41.4 Å². The third-order valence-electron chi connectivity index (χ3n) is 3.92. The van der Waals surface area contributed by atoms with Crippen molar-refractivity contribution < 1.29 is 8.42 Å². The fourth-order valence-electron chi connectivity index (χ4n) is 2.54. The quantitative estimate of drug-likeness (QED) is 0.666. The maximum absolute atomic E-state index is 12.7. The van der Waals surface area contributed by atoms with Crippen molar-refractivity contribution in [1.29, 1.82) is 0 Å². The lowest BCUT2D eigenvalue weighted by Gasteiger charge is -2.10.